The van der Waals surface area contributed by atoms with Crippen molar-refractivity contribution in [1.29, 1.82) is 0 Å². The summed E-state index contributed by atoms with van der Waals surface area (Å²) in [4.78, 5) is 14.5. The number of non-ortho nitro benzene ring substituents is 1. The number of hydrogen-bond acceptors (Lipinski definition) is 6. The molecular formula is C14H15N3O4. The van der Waals surface area contributed by atoms with E-state index in [1.807, 2.05) is 6.92 Å². The van der Waals surface area contributed by atoms with Gasteiger partial charge in [-0.05, 0) is 25.1 Å². The predicted octanol–water partition coefficient (Wildman–Crippen LogP) is 2.62. The second kappa shape index (κ2) is 6.08. The van der Waals surface area contributed by atoms with Crippen LogP contribution in [0.25, 0.3) is 0 Å². The van der Waals surface area contributed by atoms with Crippen LogP contribution in [0.5, 0.6) is 11.5 Å². The van der Waals surface area contributed by atoms with Crippen LogP contribution in [0.1, 0.15) is 11.4 Å². The van der Waals surface area contributed by atoms with Crippen LogP contribution in [0.2, 0.25) is 0 Å². The molecule has 2 aromatic rings. The molecule has 0 unspecified atom stereocenters. The van der Waals surface area contributed by atoms with Gasteiger partial charge in [-0.1, -0.05) is 0 Å². The van der Waals surface area contributed by atoms with Gasteiger partial charge in [-0.15, -0.1) is 0 Å². The lowest BCUT2D eigenvalue weighted by Gasteiger charge is -2.11. The van der Waals surface area contributed by atoms with Crippen molar-refractivity contribution < 1.29 is 14.8 Å². The molecule has 0 saturated heterocycles. The van der Waals surface area contributed by atoms with Gasteiger partial charge in [-0.25, -0.2) is 0 Å². The standard InChI is InChI=1S/C14H15N3O4/c1-9-3-5-13(18)12(16-9)8-15-11-7-10(17(19)20)4-6-14(11)21-2/h3-7,15,18H,8H2,1-2H3. The number of nitro groups is 1. The number of aromatic hydroxyl groups is 1. The number of benzene rings is 1. The zero-order valence-corrected chi connectivity index (χ0v) is 11.7. The summed E-state index contributed by atoms with van der Waals surface area (Å²) in [5.41, 5.74) is 1.66. The molecule has 1 aromatic heterocycles. The second-order valence-electron chi connectivity index (χ2n) is 4.41. The molecule has 110 valence electrons. The molecule has 0 aliphatic rings. The summed E-state index contributed by atoms with van der Waals surface area (Å²) >= 11 is 0. The predicted molar refractivity (Wildman–Crippen MR) is 77.6 cm³/mol. The highest BCUT2D eigenvalue weighted by Crippen LogP contribution is 2.29. The molecule has 0 saturated carbocycles. The highest BCUT2D eigenvalue weighted by Gasteiger charge is 2.12. The lowest BCUT2D eigenvalue weighted by atomic mass is 10.2. The van der Waals surface area contributed by atoms with Crippen LogP contribution in [0.3, 0.4) is 0 Å². The van der Waals surface area contributed by atoms with Gasteiger partial charge in [0.2, 0.25) is 0 Å². The molecule has 2 N–H and O–H groups in total. The molecule has 0 aliphatic heterocycles. The number of aryl methyl sites for hydroxylation is 1. The first-order valence-electron chi connectivity index (χ1n) is 6.23. The first-order valence-corrected chi connectivity index (χ1v) is 6.23. The molecular weight excluding hydrogens is 274 g/mol. The number of ether oxygens (including phenoxy) is 1. The molecule has 0 fully saturated rings. The Morgan fingerprint density at radius 2 is 2.14 bits per heavy atom. The van der Waals surface area contributed by atoms with E-state index in [-0.39, 0.29) is 18.0 Å². The summed E-state index contributed by atoms with van der Waals surface area (Å²) in [6.07, 6.45) is 0. The van der Waals surface area contributed by atoms with Crippen LogP contribution in [0.15, 0.2) is 30.3 Å². The Labute approximate surface area is 121 Å². The van der Waals surface area contributed by atoms with Gasteiger partial charge in [0.15, 0.2) is 0 Å². The van der Waals surface area contributed by atoms with Gasteiger partial charge < -0.3 is 15.2 Å². The van der Waals surface area contributed by atoms with E-state index in [4.69, 9.17) is 4.74 Å². The third-order valence-electron chi connectivity index (χ3n) is 2.93. The Morgan fingerprint density at radius 1 is 1.38 bits per heavy atom. The molecule has 0 spiro atoms. The van der Waals surface area contributed by atoms with Gasteiger partial charge in [-0.3, -0.25) is 15.1 Å². The van der Waals surface area contributed by atoms with E-state index in [1.54, 1.807) is 12.1 Å². The van der Waals surface area contributed by atoms with Crippen molar-refractivity contribution in [2.75, 3.05) is 12.4 Å². The highest BCUT2D eigenvalue weighted by atomic mass is 16.6. The zero-order valence-electron chi connectivity index (χ0n) is 11.7. The average molecular weight is 289 g/mol. The minimum atomic E-state index is -0.479. The van der Waals surface area contributed by atoms with Crippen molar-refractivity contribution in [3.63, 3.8) is 0 Å². The molecule has 0 bridgehead atoms. The average Bonchev–Trinajstić information content (AvgIpc) is 2.47. The smallest absolute Gasteiger partial charge is 0.271 e. The van der Waals surface area contributed by atoms with Crippen LogP contribution in [0, 0.1) is 17.0 Å². The Bertz CT molecular complexity index is 673. The van der Waals surface area contributed by atoms with E-state index in [2.05, 4.69) is 10.3 Å². The van der Waals surface area contributed by atoms with Gasteiger partial charge in [0, 0.05) is 17.8 Å². The summed E-state index contributed by atoms with van der Waals surface area (Å²) < 4.78 is 5.15. The fraction of sp³-hybridized carbons (Fsp3) is 0.214. The number of hydrogen-bond donors (Lipinski definition) is 2. The number of methoxy groups -OCH3 is 1. The molecule has 1 aromatic carbocycles. The SMILES string of the molecule is COc1ccc([N+](=O)[O-])cc1NCc1nc(C)ccc1O. The molecule has 2 rings (SSSR count). The van der Waals surface area contributed by atoms with Crippen LogP contribution < -0.4 is 10.1 Å². The highest BCUT2D eigenvalue weighted by molar-refractivity contribution is 5.61. The Kier molecular flexibility index (Phi) is 4.22. The lowest BCUT2D eigenvalue weighted by Crippen LogP contribution is -2.04. The summed E-state index contributed by atoms with van der Waals surface area (Å²) in [5, 5.41) is 23.5. The van der Waals surface area contributed by atoms with E-state index in [0.717, 1.165) is 5.69 Å². The van der Waals surface area contributed by atoms with Crippen LogP contribution in [-0.2, 0) is 6.54 Å². The number of pyridine rings is 1. The van der Waals surface area contributed by atoms with Gasteiger partial charge in [0.05, 0.1) is 24.3 Å². The van der Waals surface area contributed by atoms with Crippen LogP contribution in [-0.4, -0.2) is 22.1 Å². The molecule has 0 radical (unpaired) electrons. The Morgan fingerprint density at radius 3 is 2.81 bits per heavy atom. The maximum absolute atomic E-state index is 10.8. The van der Waals surface area contributed by atoms with Crippen molar-refractivity contribution in [2.45, 2.75) is 13.5 Å². The normalized spacial score (nSPS) is 10.2. The minimum absolute atomic E-state index is 0.0419. The molecule has 0 atom stereocenters. The topological polar surface area (TPSA) is 97.5 Å². The maximum Gasteiger partial charge on any atom is 0.271 e. The van der Waals surface area contributed by atoms with Gasteiger partial charge in [0.25, 0.3) is 5.69 Å². The Hall–Kier alpha value is -2.83. The number of nitro benzene ring substituents is 1. The minimum Gasteiger partial charge on any atom is -0.506 e. The molecule has 21 heavy (non-hydrogen) atoms. The molecule has 7 heteroatoms. The largest absolute Gasteiger partial charge is 0.506 e. The Balaban J connectivity index is 2.24. The van der Waals surface area contributed by atoms with Crippen molar-refractivity contribution in [1.82, 2.24) is 4.98 Å². The summed E-state index contributed by atoms with van der Waals surface area (Å²) in [5.74, 6) is 0.547. The number of nitrogens with one attached hydrogen (secondary N) is 1. The molecule has 7 nitrogen and oxygen atoms in total. The van der Waals surface area contributed by atoms with E-state index < -0.39 is 4.92 Å². The summed E-state index contributed by atoms with van der Waals surface area (Å²) in [7, 11) is 1.48. The monoisotopic (exact) mass is 289 g/mol. The van der Waals surface area contributed by atoms with Gasteiger partial charge in [0.1, 0.15) is 17.2 Å². The zero-order chi connectivity index (χ0) is 15.4. The fourth-order valence-corrected chi connectivity index (χ4v) is 1.86. The molecule has 0 amide bonds. The third-order valence-corrected chi connectivity index (χ3v) is 2.93. The van der Waals surface area contributed by atoms with E-state index in [0.29, 0.717) is 17.1 Å². The van der Waals surface area contributed by atoms with E-state index >= 15 is 0 Å². The molecule has 1 heterocycles. The first kappa shape index (κ1) is 14.6. The maximum atomic E-state index is 10.8. The van der Waals surface area contributed by atoms with Gasteiger partial charge >= 0.3 is 0 Å². The van der Waals surface area contributed by atoms with Gasteiger partial charge in [-0.2, -0.15) is 0 Å². The van der Waals surface area contributed by atoms with E-state index in [1.165, 1.54) is 25.3 Å². The first-order chi connectivity index (χ1) is 10.0. The lowest BCUT2D eigenvalue weighted by molar-refractivity contribution is -0.384. The second-order valence-corrected chi connectivity index (χ2v) is 4.41. The number of nitrogens with zero attached hydrogens (tertiary/aromatic N) is 2. The van der Waals surface area contributed by atoms with Crippen LogP contribution in [0.4, 0.5) is 11.4 Å². The number of rotatable bonds is 5. The number of aromatic nitrogens is 1. The quantitative estimate of drug-likeness (QED) is 0.648. The number of anilines is 1. The summed E-state index contributed by atoms with van der Waals surface area (Å²) in [6.45, 7) is 2.04. The van der Waals surface area contributed by atoms with Crippen molar-refractivity contribution in [3.8, 4) is 11.5 Å². The molecule has 0 aliphatic carbocycles. The van der Waals surface area contributed by atoms with Crippen molar-refractivity contribution >= 4 is 11.4 Å². The fourth-order valence-electron chi connectivity index (χ4n) is 1.86. The third kappa shape index (κ3) is 3.38. The van der Waals surface area contributed by atoms with Crippen LogP contribution >= 0.6 is 0 Å². The van der Waals surface area contributed by atoms with E-state index in [9.17, 15) is 15.2 Å². The summed E-state index contributed by atoms with van der Waals surface area (Å²) in [6, 6.07) is 7.53. The van der Waals surface area contributed by atoms with Crippen molar-refractivity contribution in [2.24, 2.45) is 0 Å². The van der Waals surface area contributed by atoms with Crippen molar-refractivity contribution in [3.05, 3.63) is 51.8 Å².